The van der Waals surface area contributed by atoms with Gasteiger partial charge in [0.2, 0.25) is 5.91 Å². The largest absolute Gasteiger partial charge is 0.478 e. The lowest BCUT2D eigenvalue weighted by molar-refractivity contribution is -0.121. The van der Waals surface area contributed by atoms with Crippen LogP contribution in [-0.4, -0.2) is 58.1 Å². The number of rotatable bonds is 9. The van der Waals surface area contributed by atoms with E-state index in [1.54, 1.807) is 0 Å². The van der Waals surface area contributed by atoms with Crippen LogP contribution >= 0.6 is 0 Å². The van der Waals surface area contributed by atoms with Crippen molar-refractivity contribution in [2.24, 2.45) is 0 Å². The van der Waals surface area contributed by atoms with Gasteiger partial charge in [0.15, 0.2) is 9.84 Å². The number of amides is 1. The lowest BCUT2D eigenvalue weighted by Crippen LogP contribution is -2.20. The Morgan fingerprint density at radius 2 is 1.83 bits per heavy atom. The van der Waals surface area contributed by atoms with Gasteiger partial charge in [-0.1, -0.05) is 0 Å². The molecule has 0 fully saturated rings. The second-order valence-corrected chi connectivity index (χ2v) is 6.64. The van der Waals surface area contributed by atoms with Crippen molar-refractivity contribution in [1.82, 2.24) is 0 Å². The Kier molecular flexibility index (Phi) is 7.14. The highest BCUT2D eigenvalue weighted by atomic mass is 32.2. The number of benzene rings is 1. The minimum Gasteiger partial charge on any atom is -0.478 e. The van der Waals surface area contributed by atoms with Gasteiger partial charge in [0, 0.05) is 18.6 Å². The molecule has 1 aromatic rings. The SMILES string of the molecule is CCOCCOCC(=O)Nc1cc(C(=O)O)cc(S(C)(=O)=O)c1. The van der Waals surface area contributed by atoms with E-state index in [0.29, 0.717) is 13.2 Å². The average Bonchev–Trinajstić information content (AvgIpc) is 2.45. The van der Waals surface area contributed by atoms with Crippen molar-refractivity contribution in [2.45, 2.75) is 11.8 Å². The molecule has 0 aliphatic carbocycles. The fourth-order valence-corrected chi connectivity index (χ4v) is 2.31. The molecule has 23 heavy (non-hydrogen) atoms. The van der Waals surface area contributed by atoms with Crippen molar-refractivity contribution >= 4 is 27.4 Å². The maximum Gasteiger partial charge on any atom is 0.335 e. The molecule has 0 aromatic heterocycles. The summed E-state index contributed by atoms with van der Waals surface area (Å²) in [4.78, 5) is 22.6. The summed E-state index contributed by atoms with van der Waals surface area (Å²) in [7, 11) is -3.61. The Hall–Kier alpha value is -1.97. The second kappa shape index (κ2) is 8.61. The molecule has 0 radical (unpaired) electrons. The third-order valence-corrected chi connectivity index (χ3v) is 3.77. The van der Waals surface area contributed by atoms with E-state index in [-0.39, 0.29) is 29.4 Å². The molecule has 0 spiro atoms. The Labute approximate surface area is 134 Å². The third-order valence-electron chi connectivity index (χ3n) is 2.67. The predicted molar refractivity (Wildman–Crippen MR) is 82.5 cm³/mol. The molecular weight excluding hydrogens is 326 g/mol. The van der Waals surface area contributed by atoms with Gasteiger partial charge in [0.1, 0.15) is 6.61 Å². The van der Waals surface area contributed by atoms with E-state index in [4.69, 9.17) is 14.6 Å². The van der Waals surface area contributed by atoms with E-state index in [9.17, 15) is 18.0 Å². The zero-order chi connectivity index (χ0) is 17.5. The standard InChI is InChI=1S/C14H19NO7S/c1-3-21-4-5-22-9-13(16)15-11-6-10(14(17)18)7-12(8-11)23(2,19)20/h6-8H,3-5,9H2,1-2H3,(H,15,16)(H,17,18). The average molecular weight is 345 g/mol. The van der Waals surface area contributed by atoms with Crippen LogP contribution in [0.3, 0.4) is 0 Å². The summed E-state index contributed by atoms with van der Waals surface area (Å²) in [6.07, 6.45) is 0.955. The normalized spacial score (nSPS) is 11.2. The third kappa shape index (κ3) is 6.76. The van der Waals surface area contributed by atoms with Crippen molar-refractivity contribution in [2.75, 3.05) is 38.0 Å². The van der Waals surface area contributed by atoms with Crippen LogP contribution in [0.25, 0.3) is 0 Å². The van der Waals surface area contributed by atoms with Gasteiger partial charge in [-0.2, -0.15) is 0 Å². The number of hydrogen-bond acceptors (Lipinski definition) is 6. The van der Waals surface area contributed by atoms with E-state index in [1.165, 1.54) is 12.1 Å². The van der Waals surface area contributed by atoms with Gasteiger partial charge in [-0.25, -0.2) is 13.2 Å². The summed E-state index contributed by atoms with van der Waals surface area (Å²) >= 11 is 0. The van der Waals surface area contributed by atoms with Crippen LogP contribution in [0.2, 0.25) is 0 Å². The molecule has 2 N–H and O–H groups in total. The highest BCUT2D eigenvalue weighted by Crippen LogP contribution is 2.19. The summed E-state index contributed by atoms with van der Waals surface area (Å²) in [5, 5.41) is 11.4. The van der Waals surface area contributed by atoms with E-state index in [0.717, 1.165) is 12.3 Å². The molecule has 0 atom stereocenters. The number of aromatic carboxylic acids is 1. The summed E-state index contributed by atoms with van der Waals surface area (Å²) in [5.41, 5.74) is -0.163. The zero-order valence-electron chi connectivity index (χ0n) is 12.9. The molecular formula is C14H19NO7S. The molecule has 128 valence electrons. The Morgan fingerprint density at radius 3 is 2.39 bits per heavy atom. The number of nitrogens with one attached hydrogen (secondary N) is 1. The Morgan fingerprint density at radius 1 is 1.17 bits per heavy atom. The number of carboxylic acid groups (broad SMARTS) is 1. The first-order chi connectivity index (χ1) is 10.7. The fraction of sp³-hybridized carbons (Fsp3) is 0.429. The molecule has 1 rings (SSSR count). The molecule has 0 unspecified atom stereocenters. The molecule has 1 amide bonds. The van der Waals surface area contributed by atoms with Crippen LogP contribution in [0.15, 0.2) is 23.1 Å². The van der Waals surface area contributed by atoms with Gasteiger partial charge in [-0.15, -0.1) is 0 Å². The van der Waals surface area contributed by atoms with E-state index in [1.807, 2.05) is 6.92 Å². The summed E-state index contributed by atoms with van der Waals surface area (Å²) in [6, 6.07) is 3.40. The van der Waals surface area contributed by atoms with Gasteiger partial charge >= 0.3 is 5.97 Å². The lowest BCUT2D eigenvalue weighted by atomic mass is 10.2. The minimum absolute atomic E-state index is 0.0729. The molecule has 0 saturated carbocycles. The molecule has 0 aliphatic heterocycles. The predicted octanol–water partition coefficient (Wildman–Crippen LogP) is 0.780. The first-order valence-corrected chi connectivity index (χ1v) is 8.67. The van der Waals surface area contributed by atoms with Crippen molar-refractivity contribution < 1.29 is 32.6 Å². The van der Waals surface area contributed by atoms with Gasteiger partial charge in [-0.05, 0) is 25.1 Å². The van der Waals surface area contributed by atoms with Crippen LogP contribution in [0.4, 0.5) is 5.69 Å². The topological polar surface area (TPSA) is 119 Å². The molecule has 0 saturated heterocycles. The van der Waals surface area contributed by atoms with Crippen LogP contribution in [0.5, 0.6) is 0 Å². The van der Waals surface area contributed by atoms with Crippen molar-refractivity contribution in [3.63, 3.8) is 0 Å². The van der Waals surface area contributed by atoms with E-state index in [2.05, 4.69) is 5.32 Å². The van der Waals surface area contributed by atoms with Crippen LogP contribution < -0.4 is 5.32 Å². The molecule has 0 heterocycles. The van der Waals surface area contributed by atoms with Crippen LogP contribution in [-0.2, 0) is 24.1 Å². The first-order valence-electron chi connectivity index (χ1n) is 6.77. The lowest BCUT2D eigenvalue weighted by Gasteiger charge is -2.09. The minimum atomic E-state index is -3.61. The number of anilines is 1. The number of carbonyl (C=O) groups excluding carboxylic acids is 1. The summed E-state index contributed by atoms with van der Waals surface area (Å²) in [5.74, 6) is -1.82. The van der Waals surface area contributed by atoms with Crippen molar-refractivity contribution in [1.29, 1.82) is 0 Å². The molecule has 0 aliphatic rings. The molecule has 0 bridgehead atoms. The monoisotopic (exact) mass is 345 g/mol. The summed E-state index contributed by atoms with van der Waals surface area (Å²) < 4.78 is 33.3. The molecule has 8 nitrogen and oxygen atoms in total. The van der Waals surface area contributed by atoms with Gasteiger partial charge in [0.25, 0.3) is 0 Å². The molecule has 9 heteroatoms. The van der Waals surface area contributed by atoms with E-state index < -0.39 is 21.7 Å². The first kappa shape index (κ1) is 19.1. The maximum absolute atomic E-state index is 11.7. The Balaban J connectivity index is 2.77. The smallest absolute Gasteiger partial charge is 0.335 e. The fourth-order valence-electron chi connectivity index (χ4n) is 1.63. The zero-order valence-corrected chi connectivity index (χ0v) is 13.7. The van der Waals surface area contributed by atoms with Crippen molar-refractivity contribution in [3.05, 3.63) is 23.8 Å². The summed E-state index contributed by atoms with van der Waals surface area (Å²) in [6.45, 7) is 2.73. The molecule has 1 aromatic carbocycles. The Bertz CT molecular complexity index is 670. The highest BCUT2D eigenvalue weighted by Gasteiger charge is 2.15. The highest BCUT2D eigenvalue weighted by molar-refractivity contribution is 7.90. The number of carbonyl (C=O) groups is 2. The van der Waals surface area contributed by atoms with Crippen LogP contribution in [0.1, 0.15) is 17.3 Å². The number of ether oxygens (including phenoxy) is 2. The van der Waals surface area contributed by atoms with E-state index >= 15 is 0 Å². The quantitative estimate of drug-likeness (QED) is 0.635. The van der Waals surface area contributed by atoms with Gasteiger partial charge < -0.3 is 19.9 Å². The number of hydrogen-bond donors (Lipinski definition) is 2. The number of carboxylic acids is 1. The van der Waals surface area contributed by atoms with Gasteiger partial charge in [-0.3, -0.25) is 4.79 Å². The van der Waals surface area contributed by atoms with Crippen LogP contribution in [0, 0.1) is 0 Å². The second-order valence-electron chi connectivity index (χ2n) is 4.62. The number of sulfone groups is 1. The van der Waals surface area contributed by atoms with Crippen molar-refractivity contribution in [3.8, 4) is 0 Å². The van der Waals surface area contributed by atoms with Gasteiger partial charge in [0.05, 0.1) is 23.7 Å². The maximum atomic E-state index is 11.7.